The van der Waals surface area contributed by atoms with Gasteiger partial charge in [0.2, 0.25) is 0 Å². The van der Waals surface area contributed by atoms with Crippen LogP contribution in [0.1, 0.15) is 30.4 Å². The van der Waals surface area contributed by atoms with Crippen molar-refractivity contribution in [2.75, 3.05) is 0 Å². The third-order valence-corrected chi connectivity index (χ3v) is 2.22. The van der Waals surface area contributed by atoms with E-state index in [0.29, 0.717) is 6.42 Å². The average Bonchev–Trinajstić information content (AvgIpc) is 2.25. The number of hydrogen-bond acceptors (Lipinski definition) is 2. The molecule has 0 spiro atoms. The van der Waals surface area contributed by atoms with Gasteiger partial charge in [0.05, 0.1) is 6.07 Å². The highest BCUT2D eigenvalue weighted by Gasteiger charge is 2.12. The molecule has 15 heavy (non-hydrogen) atoms. The molecular weight excluding hydrogens is 184 g/mol. The molecule has 0 saturated carbocycles. The Labute approximate surface area is 90.3 Å². The van der Waals surface area contributed by atoms with Gasteiger partial charge in [0.25, 0.3) is 0 Å². The number of nitriles is 1. The smallest absolute Gasteiger partial charge is 0.0631 e. The van der Waals surface area contributed by atoms with Crippen LogP contribution in [0.5, 0.6) is 0 Å². The molecule has 0 bridgehead atoms. The summed E-state index contributed by atoms with van der Waals surface area (Å²) in [6.45, 7) is 5.78. The molecule has 0 aliphatic rings. The molecule has 1 aromatic heterocycles. The van der Waals surface area contributed by atoms with Crippen molar-refractivity contribution >= 4 is 0 Å². The average molecular weight is 196 g/mol. The molecule has 0 aromatic carbocycles. The first kappa shape index (κ1) is 11.0. The molecular formula is C13H12N2. The molecule has 1 atom stereocenters. The summed E-state index contributed by atoms with van der Waals surface area (Å²) in [5.41, 5.74) is 2.64. The minimum atomic E-state index is 0.0239. The van der Waals surface area contributed by atoms with Crippen molar-refractivity contribution in [3.05, 3.63) is 41.7 Å². The Morgan fingerprint density at radius 3 is 2.93 bits per heavy atom. The number of hydrogen-bond donors (Lipinski definition) is 0. The number of terminal acetylenes is 1. The molecule has 2 nitrogen and oxygen atoms in total. The Hall–Kier alpha value is -2.06. The molecule has 1 unspecified atom stereocenters. The van der Waals surface area contributed by atoms with E-state index < -0.39 is 0 Å². The molecule has 0 amide bonds. The molecule has 0 radical (unpaired) electrons. The second kappa shape index (κ2) is 4.98. The molecule has 0 fully saturated rings. The number of rotatable bonds is 3. The van der Waals surface area contributed by atoms with Crippen molar-refractivity contribution in [2.24, 2.45) is 0 Å². The molecule has 0 N–H and O–H groups in total. The molecule has 0 aliphatic carbocycles. The van der Waals surface area contributed by atoms with Gasteiger partial charge < -0.3 is 0 Å². The van der Waals surface area contributed by atoms with Gasteiger partial charge in [-0.3, -0.25) is 4.98 Å². The van der Waals surface area contributed by atoms with E-state index in [9.17, 15) is 0 Å². The first-order chi connectivity index (χ1) is 7.19. The lowest BCUT2D eigenvalue weighted by Gasteiger charge is -2.13. The third kappa shape index (κ3) is 2.69. The number of nitrogens with zero attached hydrogens (tertiary/aromatic N) is 2. The zero-order valence-corrected chi connectivity index (χ0v) is 8.70. The lowest BCUT2D eigenvalue weighted by Crippen LogP contribution is -2.00. The Bertz CT molecular complexity index is 446. The zero-order chi connectivity index (χ0) is 11.3. The minimum absolute atomic E-state index is 0.0239. The van der Waals surface area contributed by atoms with Gasteiger partial charge >= 0.3 is 0 Å². The predicted octanol–water partition coefficient (Wildman–Crippen LogP) is 2.64. The first-order valence-electron chi connectivity index (χ1n) is 4.63. The van der Waals surface area contributed by atoms with Crippen molar-refractivity contribution in [1.82, 2.24) is 4.98 Å². The van der Waals surface area contributed by atoms with Crippen LogP contribution in [-0.4, -0.2) is 4.98 Å². The normalized spacial score (nSPS) is 11.1. The Morgan fingerprint density at radius 1 is 1.67 bits per heavy atom. The van der Waals surface area contributed by atoms with Crippen molar-refractivity contribution in [3.63, 3.8) is 0 Å². The second-order valence-corrected chi connectivity index (χ2v) is 3.41. The largest absolute Gasteiger partial charge is 0.263 e. The van der Waals surface area contributed by atoms with Gasteiger partial charge in [-0.2, -0.15) is 5.26 Å². The van der Waals surface area contributed by atoms with E-state index in [4.69, 9.17) is 11.7 Å². The fraction of sp³-hybridized carbons (Fsp3) is 0.231. The first-order valence-corrected chi connectivity index (χ1v) is 4.63. The summed E-state index contributed by atoms with van der Waals surface area (Å²) < 4.78 is 0. The summed E-state index contributed by atoms with van der Waals surface area (Å²) in [6.07, 6.45) is 9.06. The van der Waals surface area contributed by atoms with Gasteiger partial charge in [0.1, 0.15) is 0 Å². The molecule has 0 saturated heterocycles. The topological polar surface area (TPSA) is 36.7 Å². The van der Waals surface area contributed by atoms with E-state index in [0.717, 1.165) is 16.7 Å². The van der Waals surface area contributed by atoms with Gasteiger partial charge in [0, 0.05) is 30.3 Å². The summed E-state index contributed by atoms with van der Waals surface area (Å²) >= 11 is 0. The van der Waals surface area contributed by atoms with E-state index in [1.54, 1.807) is 12.4 Å². The standard InChI is InChI=1S/C13H12N2/c1-4-11-7-12(9-15-8-11)13(5-6-14)10(2)3/h1,7-9,13H,2,5H2,3H3. The van der Waals surface area contributed by atoms with E-state index >= 15 is 0 Å². The van der Waals surface area contributed by atoms with Gasteiger partial charge in [-0.1, -0.05) is 18.1 Å². The van der Waals surface area contributed by atoms with Crippen molar-refractivity contribution in [1.29, 1.82) is 5.26 Å². The maximum Gasteiger partial charge on any atom is 0.0631 e. The number of aromatic nitrogens is 1. The quantitative estimate of drug-likeness (QED) is 0.550. The molecule has 0 aliphatic heterocycles. The second-order valence-electron chi connectivity index (χ2n) is 3.41. The van der Waals surface area contributed by atoms with Crippen LogP contribution in [0.3, 0.4) is 0 Å². The van der Waals surface area contributed by atoms with E-state index in [1.807, 2.05) is 13.0 Å². The number of allylic oxidation sites excluding steroid dienone is 1. The summed E-state index contributed by atoms with van der Waals surface area (Å²) in [6, 6.07) is 4.02. The maximum atomic E-state index is 8.72. The highest BCUT2D eigenvalue weighted by molar-refractivity contribution is 5.36. The van der Waals surface area contributed by atoms with Crippen LogP contribution in [0.4, 0.5) is 0 Å². The molecule has 1 rings (SSSR count). The van der Waals surface area contributed by atoms with Crippen LogP contribution in [0.15, 0.2) is 30.6 Å². The van der Waals surface area contributed by atoms with Crippen LogP contribution in [0.25, 0.3) is 0 Å². The van der Waals surface area contributed by atoms with Crippen LogP contribution in [0, 0.1) is 23.7 Å². The lowest BCUT2D eigenvalue weighted by atomic mass is 9.91. The number of pyridine rings is 1. The SMILES string of the molecule is C#Cc1cncc(C(CC#N)C(=C)C)c1. The summed E-state index contributed by atoms with van der Waals surface area (Å²) in [5, 5.41) is 8.72. The monoisotopic (exact) mass is 196 g/mol. The van der Waals surface area contributed by atoms with Gasteiger partial charge in [-0.05, 0) is 18.6 Å². The molecule has 1 heterocycles. The maximum absolute atomic E-state index is 8.72. The summed E-state index contributed by atoms with van der Waals surface area (Å²) in [7, 11) is 0. The Morgan fingerprint density at radius 2 is 2.40 bits per heavy atom. The van der Waals surface area contributed by atoms with Crippen molar-refractivity contribution < 1.29 is 0 Å². The zero-order valence-electron chi connectivity index (χ0n) is 8.70. The van der Waals surface area contributed by atoms with Crippen LogP contribution in [0.2, 0.25) is 0 Å². The van der Waals surface area contributed by atoms with Crippen LogP contribution < -0.4 is 0 Å². The molecule has 1 aromatic rings. The van der Waals surface area contributed by atoms with Crippen LogP contribution in [-0.2, 0) is 0 Å². The fourth-order valence-electron chi connectivity index (χ4n) is 1.40. The van der Waals surface area contributed by atoms with Crippen molar-refractivity contribution in [2.45, 2.75) is 19.3 Å². The highest BCUT2D eigenvalue weighted by atomic mass is 14.6. The molecule has 2 heteroatoms. The van der Waals surface area contributed by atoms with E-state index in [-0.39, 0.29) is 5.92 Å². The lowest BCUT2D eigenvalue weighted by molar-refractivity contribution is 0.813. The van der Waals surface area contributed by atoms with Crippen molar-refractivity contribution in [3.8, 4) is 18.4 Å². The van der Waals surface area contributed by atoms with Gasteiger partial charge in [0.15, 0.2) is 0 Å². The van der Waals surface area contributed by atoms with Gasteiger partial charge in [-0.15, -0.1) is 6.42 Å². The van der Waals surface area contributed by atoms with E-state index in [1.165, 1.54) is 0 Å². The fourth-order valence-corrected chi connectivity index (χ4v) is 1.40. The van der Waals surface area contributed by atoms with Gasteiger partial charge in [-0.25, -0.2) is 0 Å². The third-order valence-electron chi connectivity index (χ3n) is 2.22. The van der Waals surface area contributed by atoms with Crippen LogP contribution >= 0.6 is 0 Å². The summed E-state index contributed by atoms with van der Waals surface area (Å²) in [5.74, 6) is 2.55. The Kier molecular flexibility index (Phi) is 3.66. The summed E-state index contributed by atoms with van der Waals surface area (Å²) in [4.78, 5) is 4.05. The predicted molar refractivity (Wildman–Crippen MR) is 60.0 cm³/mol. The van der Waals surface area contributed by atoms with E-state index in [2.05, 4.69) is 23.6 Å². The highest BCUT2D eigenvalue weighted by Crippen LogP contribution is 2.25. The minimum Gasteiger partial charge on any atom is -0.263 e. The molecule has 74 valence electrons. The Balaban J connectivity index is 3.07.